The van der Waals surface area contributed by atoms with E-state index in [1.54, 1.807) is 6.07 Å². The normalized spacial score (nSPS) is 10.3. The number of anilines is 3. The summed E-state index contributed by atoms with van der Waals surface area (Å²) in [7, 11) is 0. The fourth-order valence-electron chi connectivity index (χ4n) is 1.80. The number of nitrogens with two attached hydrogens (primary N) is 1. The largest absolute Gasteiger partial charge is 0.399 e. The molecule has 19 heavy (non-hydrogen) atoms. The number of benzene rings is 2. The maximum atomic E-state index is 9.05. The minimum Gasteiger partial charge on any atom is -0.399 e. The number of nitrogens with one attached hydrogen (secondary N) is 1. The zero-order chi connectivity index (χ0) is 13.2. The first-order chi connectivity index (χ1) is 9.26. The van der Waals surface area contributed by atoms with Gasteiger partial charge in [0, 0.05) is 5.69 Å². The Morgan fingerprint density at radius 3 is 2.89 bits per heavy atom. The lowest BCUT2D eigenvalue weighted by molar-refractivity contribution is 1.42. The van der Waals surface area contributed by atoms with Gasteiger partial charge in [0.1, 0.15) is 6.07 Å². The van der Waals surface area contributed by atoms with Crippen LogP contribution in [0.2, 0.25) is 0 Å². The second-order valence-electron chi connectivity index (χ2n) is 4.03. The van der Waals surface area contributed by atoms with Gasteiger partial charge in [-0.15, -0.1) is 0 Å². The Kier molecular flexibility index (Phi) is 2.78. The number of para-hydroxylation sites is 1. The van der Waals surface area contributed by atoms with Crippen LogP contribution in [0.5, 0.6) is 0 Å². The summed E-state index contributed by atoms with van der Waals surface area (Å²) in [6.45, 7) is 0. The molecule has 0 aliphatic heterocycles. The number of fused-ring (bicyclic) bond motifs is 1. The van der Waals surface area contributed by atoms with E-state index in [1.807, 2.05) is 36.4 Å². The molecule has 92 valence electrons. The van der Waals surface area contributed by atoms with Gasteiger partial charge in [0.15, 0.2) is 5.13 Å². The van der Waals surface area contributed by atoms with Crippen LogP contribution < -0.4 is 11.1 Å². The summed E-state index contributed by atoms with van der Waals surface area (Å²) in [5.74, 6) is 0. The molecule has 1 aromatic heterocycles. The second kappa shape index (κ2) is 4.59. The van der Waals surface area contributed by atoms with E-state index >= 15 is 0 Å². The van der Waals surface area contributed by atoms with E-state index in [0.717, 1.165) is 26.7 Å². The lowest BCUT2D eigenvalue weighted by Crippen LogP contribution is -1.92. The van der Waals surface area contributed by atoms with Crippen molar-refractivity contribution in [2.45, 2.75) is 0 Å². The number of rotatable bonds is 2. The third-order valence-corrected chi connectivity index (χ3v) is 3.64. The van der Waals surface area contributed by atoms with Crippen molar-refractivity contribution >= 4 is 38.1 Å². The third-order valence-electron chi connectivity index (χ3n) is 2.70. The van der Waals surface area contributed by atoms with Crippen molar-refractivity contribution in [2.75, 3.05) is 11.1 Å². The fourth-order valence-corrected chi connectivity index (χ4v) is 2.73. The van der Waals surface area contributed by atoms with Crippen molar-refractivity contribution in [3.63, 3.8) is 0 Å². The average molecular weight is 266 g/mol. The molecular formula is C14H10N4S. The number of nitrogen functional groups attached to an aromatic ring is 1. The van der Waals surface area contributed by atoms with E-state index in [1.165, 1.54) is 11.3 Å². The van der Waals surface area contributed by atoms with E-state index in [-0.39, 0.29) is 0 Å². The summed E-state index contributed by atoms with van der Waals surface area (Å²) in [5.41, 5.74) is 8.73. The van der Waals surface area contributed by atoms with Crippen LogP contribution in [0.15, 0.2) is 42.5 Å². The Hall–Kier alpha value is -2.58. The zero-order valence-corrected chi connectivity index (χ0v) is 10.7. The highest BCUT2D eigenvalue weighted by Gasteiger charge is 2.06. The van der Waals surface area contributed by atoms with Gasteiger partial charge in [-0.25, -0.2) is 4.98 Å². The zero-order valence-electron chi connectivity index (χ0n) is 9.92. The summed E-state index contributed by atoms with van der Waals surface area (Å²) in [6.07, 6.45) is 0. The topological polar surface area (TPSA) is 74.7 Å². The van der Waals surface area contributed by atoms with Crippen LogP contribution in [0.3, 0.4) is 0 Å². The molecule has 1 heterocycles. The smallest absolute Gasteiger partial charge is 0.188 e. The molecule has 3 N–H and O–H groups in total. The molecule has 0 unspecified atom stereocenters. The summed E-state index contributed by atoms with van der Waals surface area (Å²) in [4.78, 5) is 4.47. The first-order valence-corrected chi connectivity index (χ1v) is 6.50. The first-order valence-electron chi connectivity index (χ1n) is 5.68. The van der Waals surface area contributed by atoms with Gasteiger partial charge >= 0.3 is 0 Å². The SMILES string of the molecule is N#Cc1ccccc1Nc1nc2ccc(N)cc2s1. The van der Waals surface area contributed by atoms with Crippen molar-refractivity contribution in [1.82, 2.24) is 4.98 Å². The molecule has 0 bridgehead atoms. The maximum Gasteiger partial charge on any atom is 0.188 e. The highest BCUT2D eigenvalue weighted by Crippen LogP contribution is 2.30. The highest BCUT2D eigenvalue weighted by molar-refractivity contribution is 7.22. The highest BCUT2D eigenvalue weighted by atomic mass is 32.1. The van der Waals surface area contributed by atoms with E-state index < -0.39 is 0 Å². The van der Waals surface area contributed by atoms with Gasteiger partial charge in [0.25, 0.3) is 0 Å². The lowest BCUT2D eigenvalue weighted by Gasteiger charge is -2.03. The summed E-state index contributed by atoms with van der Waals surface area (Å²) >= 11 is 1.51. The molecule has 3 rings (SSSR count). The summed E-state index contributed by atoms with van der Waals surface area (Å²) < 4.78 is 1.02. The van der Waals surface area contributed by atoms with Crippen LogP contribution in [0.1, 0.15) is 5.56 Å². The van der Waals surface area contributed by atoms with Crippen molar-refractivity contribution in [2.24, 2.45) is 0 Å². The van der Waals surface area contributed by atoms with Gasteiger partial charge in [0.05, 0.1) is 21.5 Å². The molecule has 0 atom stereocenters. The average Bonchev–Trinajstić information content (AvgIpc) is 2.80. The molecule has 2 aromatic carbocycles. The molecular weight excluding hydrogens is 256 g/mol. The minimum absolute atomic E-state index is 0.598. The standard InChI is InChI=1S/C14H10N4S/c15-8-9-3-1-2-4-11(9)17-14-18-12-6-5-10(16)7-13(12)19-14/h1-7H,16H2,(H,17,18). The Morgan fingerprint density at radius 2 is 2.05 bits per heavy atom. The van der Waals surface area contributed by atoms with Gasteiger partial charge in [-0.1, -0.05) is 23.5 Å². The van der Waals surface area contributed by atoms with E-state index in [9.17, 15) is 0 Å². The van der Waals surface area contributed by atoms with E-state index in [2.05, 4.69) is 16.4 Å². The Bertz CT molecular complexity index is 785. The summed E-state index contributed by atoms with van der Waals surface area (Å²) in [5, 5.41) is 13.0. The monoisotopic (exact) mass is 266 g/mol. The fraction of sp³-hybridized carbons (Fsp3) is 0. The van der Waals surface area contributed by atoms with Crippen molar-refractivity contribution in [3.8, 4) is 6.07 Å². The van der Waals surface area contributed by atoms with Crippen LogP contribution in [-0.4, -0.2) is 4.98 Å². The molecule has 4 nitrogen and oxygen atoms in total. The van der Waals surface area contributed by atoms with E-state index in [4.69, 9.17) is 11.0 Å². The van der Waals surface area contributed by atoms with Gasteiger partial charge in [0.2, 0.25) is 0 Å². The van der Waals surface area contributed by atoms with Gasteiger partial charge in [-0.05, 0) is 30.3 Å². The molecule has 0 aliphatic rings. The molecule has 5 heteroatoms. The number of aromatic nitrogens is 1. The van der Waals surface area contributed by atoms with Crippen LogP contribution in [0.4, 0.5) is 16.5 Å². The molecule has 0 aliphatic carbocycles. The Labute approximate surface area is 114 Å². The van der Waals surface area contributed by atoms with Crippen molar-refractivity contribution in [3.05, 3.63) is 48.0 Å². The quantitative estimate of drug-likeness (QED) is 0.696. The maximum absolute atomic E-state index is 9.05. The number of hydrogen-bond donors (Lipinski definition) is 2. The van der Waals surface area contributed by atoms with E-state index in [0.29, 0.717) is 5.56 Å². The van der Waals surface area contributed by atoms with Crippen molar-refractivity contribution < 1.29 is 0 Å². The van der Waals surface area contributed by atoms with Crippen LogP contribution in [0, 0.1) is 11.3 Å². The predicted molar refractivity (Wildman–Crippen MR) is 78.5 cm³/mol. The lowest BCUT2D eigenvalue weighted by atomic mass is 10.2. The van der Waals surface area contributed by atoms with Crippen LogP contribution in [-0.2, 0) is 0 Å². The Balaban J connectivity index is 1.99. The molecule has 0 amide bonds. The molecule has 0 radical (unpaired) electrons. The number of thiazole rings is 1. The molecule has 3 aromatic rings. The summed E-state index contributed by atoms with van der Waals surface area (Å²) in [6, 6.07) is 15.1. The van der Waals surface area contributed by atoms with Crippen LogP contribution in [0.25, 0.3) is 10.2 Å². The van der Waals surface area contributed by atoms with Gasteiger partial charge in [-0.2, -0.15) is 5.26 Å². The van der Waals surface area contributed by atoms with Gasteiger partial charge in [-0.3, -0.25) is 0 Å². The first kappa shape index (κ1) is 11.5. The van der Waals surface area contributed by atoms with Crippen LogP contribution >= 0.6 is 11.3 Å². The third kappa shape index (κ3) is 2.21. The number of nitrogens with zero attached hydrogens (tertiary/aromatic N) is 2. The number of hydrogen-bond acceptors (Lipinski definition) is 5. The number of nitriles is 1. The Morgan fingerprint density at radius 1 is 1.21 bits per heavy atom. The predicted octanol–water partition coefficient (Wildman–Crippen LogP) is 3.49. The second-order valence-corrected chi connectivity index (χ2v) is 5.06. The molecule has 0 saturated carbocycles. The molecule has 0 fully saturated rings. The minimum atomic E-state index is 0.598. The molecule has 0 saturated heterocycles. The van der Waals surface area contributed by atoms with Gasteiger partial charge < -0.3 is 11.1 Å². The van der Waals surface area contributed by atoms with Crippen molar-refractivity contribution in [1.29, 1.82) is 5.26 Å². The molecule has 0 spiro atoms.